The van der Waals surface area contributed by atoms with Crippen LogP contribution < -0.4 is 15.2 Å². The van der Waals surface area contributed by atoms with Crippen molar-refractivity contribution in [3.8, 4) is 11.5 Å². The summed E-state index contributed by atoms with van der Waals surface area (Å²) >= 11 is 9.37. The summed E-state index contributed by atoms with van der Waals surface area (Å²) in [5.41, 5.74) is 7.21. The molecule has 0 fully saturated rings. The molecule has 3 nitrogen and oxygen atoms in total. The van der Waals surface area contributed by atoms with Gasteiger partial charge < -0.3 is 15.2 Å². The molecule has 5 heteroatoms. The highest BCUT2D eigenvalue weighted by Crippen LogP contribution is 2.27. The van der Waals surface area contributed by atoms with Crippen molar-refractivity contribution in [2.75, 3.05) is 12.8 Å². The zero-order valence-corrected chi connectivity index (χ0v) is 12.7. The van der Waals surface area contributed by atoms with Crippen LogP contribution in [0.3, 0.4) is 0 Å². The second kappa shape index (κ2) is 6.17. The monoisotopic (exact) mass is 341 g/mol. The summed E-state index contributed by atoms with van der Waals surface area (Å²) < 4.78 is 11.7. The lowest BCUT2D eigenvalue weighted by Crippen LogP contribution is -1.97. The SMILES string of the molecule is COc1ccc(COc2ccc(N)c(Cl)c2)cc1Br. The van der Waals surface area contributed by atoms with Gasteiger partial charge in [-0.3, -0.25) is 0 Å². The Hall–Kier alpha value is -1.39. The first-order valence-corrected chi connectivity index (χ1v) is 6.77. The van der Waals surface area contributed by atoms with Crippen LogP contribution >= 0.6 is 27.5 Å². The molecule has 0 bridgehead atoms. The summed E-state index contributed by atoms with van der Waals surface area (Å²) in [4.78, 5) is 0. The molecular formula is C14H13BrClNO2. The highest BCUT2D eigenvalue weighted by molar-refractivity contribution is 9.10. The summed E-state index contributed by atoms with van der Waals surface area (Å²) in [6, 6.07) is 11.0. The first-order chi connectivity index (χ1) is 9.10. The van der Waals surface area contributed by atoms with Crippen LogP contribution in [-0.4, -0.2) is 7.11 Å². The number of hydrogen-bond donors (Lipinski definition) is 1. The van der Waals surface area contributed by atoms with Gasteiger partial charge in [0.15, 0.2) is 0 Å². The average molecular weight is 343 g/mol. The highest BCUT2D eigenvalue weighted by atomic mass is 79.9. The van der Waals surface area contributed by atoms with Crippen molar-refractivity contribution < 1.29 is 9.47 Å². The van der Waals surface area contributed by atoms with E-state index >= 15 is 0 Å². The normalized spacial score (nSPS) is 10.3. The molecule has 0 heterocycles. The molecule has 0 aliphatic carbocycles. The minimum absolute atomic E-state index is 0.447. The first-order valence-electron chi connectivity index (χ1n) is 5.60. The zero-order valence-electron chi connectivity index (χ0n) is 10.3. The van der Waals surface area contributed by atoms with Gasteiger partial charge in [0, 0.05) is 6.07 Å². The maximum atomic E-state index is 5.93. The van der Waals surface area contributed by atoms with Crippen molar-refractivity contribution in [3.05, 3.63) is 51.5 Å². The second-order valence-electron chi connectivity index (χ2n) is 3.94. The van der Waals surface area contributed by atoms with Crippen LogP contribution in [0.1, 0.15) is 5.56 Å². The van der Waals surface area contributed by atoms with Crippen LogP contribution in [0.4, 0.5) is 5.69 Å². The van der Waals surface area contributed by atoms with Gasteiger partial charge in [-0.15, -0.1) is 0 Å². The number of methoxy groups -OCH3 is 1. The van der Waals surface area contributed by atoms with Crippen LogP contribution in [0.15, 0.2) is 40.9 Å². The lowest BCUT2D eigenvalue weighted by atomic mass is 10.2. The fraction of sp³-hybridized carbons (Fsp3) is 0.143. The van der Waals surface area contributed by atoms with Crippen LogP contribution in [0.25, 0.3) is 0 Å². The Balaban J connectivity index is 2.05. The van der Waals surface area contributed by atoms with Crippen molar-refractivity contribution in [1.29, 1.82) is 0 Å². The molecule has 0 spiro atoms. The van der Waals surface area contributed by atoms with E-state index in [-0.39, 0.29) is 0 Å². The van der Waals surface area contributed by atoms with Gasteiger partial charge in [0.1, 0.15) is 18.1 Å². The minimum Gasteiger partial charge on any atom is -0.496 e. The molecule has 2 N–H and O–H groups in total. The van der Waals surface area contributed by atoms with E-state index in [2.05, 4.69) is 15.9 Å². The summed E-state index contributed by atoms with van der Waals surface area (Å²) in [6.07, 6.45) is 0. The maximum Gasteiger partial charge on any atom is 0.133 e. The van der Waals surface area contributed by atoms with E-state index in [0.29, 0.717) is 23.1 Å². The molecule has 0 radical (unpaired) electrons. The number of ether oxygens (including phenoxy) is 2. The van der Waals surface area contributed by atoms with Crippen molar-refractivity contribution >= 4 is 33.2 Å². The van der Waals surface area contributed by atoms with E-state index in [1.54, 1.807) is 25.3 Å². The Labute approximate surface area is 125 Å². The Morgan fingerprint density at radius 1 is 1.21 bits per heavy atom. The summed E-state index contributed by atoms with van der Waals surface area (Å²) in [6.45, 7) is 0.447. The number of halogens is 2. The lowest BCUT2D eigenvalue weighted by Gasteiger charge is -2.09. The largest absolute Gasteiger partial charge is 0.496 e. The van der Waals surface area contributed by atoms with E-state index < -0.39 is 0 Å². The quantitative estimate of drug-likeness (QED) is 0.844. The number of nitrogens with two attached hydrogens (primary N) is 1. The third-order valence-corrected chi connectivity index (χ3v) is 3.54. The van der Waals surface area contributed by atoms with Gasteiger partial charge >= 0.3 is 0 Å². The van der Waals surface area contributed by atoms with Gasteiger partial charge in [0.25, 0.3) is 0 Å². The fourth-order valence-electron chi connectivity index (χ4n) is 1.56. The molecule has 0 saturated carbocycles. The number of nitrogen functional groups attached to an aromatic ring is 1. The molecule has 2 rings (SSSR count). The molecule has 100 valence electrons. The Morgan fingerprint density at radius 2 is 2.00 bits per heavy atom. The van der Waals surface area contributed by atoms with Crippen molar-refractivity contribution in [3.63, 3.8) is 0 Å². The zero-order chi connectivity index (χ0) is 13.8. The van der Waals surface area contributed by atoms with Crippen LogP contribution in [-0.2, 0) is 6.61 Å². The van der Waals surface area contributed by atoms with E-state index in [4.69, 9.17) is 26.8 Å². The third-order valence-electron chi connectivity index (χ3n) is 2.59. The number of rotatable bonds is 4. The summed E-state index contributed by atoms with van der Waals surface area (Å²) in [5.74, 6) is 1.48. The van der Waals surface area contributed by atoms with Crippen LogP contribution in [0.5, 0.6) is 11.5 Å². The van der Waals surface area contributed by atoms with Gasteiger partial charge in [-0.2, -0.15) is 0 Å². The molecular weight excluding hydrogens is 330 g/mol. The lowest BCUT2D eigenvalue weighted by molar-refractivity contribution is 0.306. The summed E-state index contributed by atoms with van der Waals surface area (Å²) in [5, 5.41) is 0.494. The molecule has 2 aromatic carbocycles. The summed E-state index contributed by atoms with van der Waals surface area (Å²) in [7, 11) is 1.63. The van der Waals surface area contributed by atoms with E-state index in [1.807, 2.05) is 18.2 Å². The number of hydrogen-bond acceptors (Lipinski definition) is 3. The number of benzene rings is 2. The number of anilines is 1. The van der Waals surface area contributed by atoms with Crippen LogP contribution in [0.2, 0.25) is 5.02 Å². The van der Waals surface area contributed by atoms with E-state index in [9.17, 15) is 0 Å². The van der Waals surface area contributed by atoms with Gasteiger partial charge in [0.05, 0.1) is 22.3 Å². The smallest absolute Gasteiger partial charge is 0.133 e. The topological polar surface area (TPSA) is 44.5 Å². The molecule has 19 heavy (non-hydrogen) atoms. The van der Waals surface area contributed by atoms with E-state index in [1.165, 1.54) is 0 Å². The standard InChI is InChI=1S/C14H13BrClNO2/c1-18-14-5-2-9(6-11(14)15)8-19-10-3-4-13(17)12(16)7-10/h2-7H,8,17H2,1H3. The van der Waals surface area contributed by atoms with Gasteiger partial charge in [0.2, 0.25) is 0 Å². The van der Waals surface area contributed by atoms with Crippen LogP contribution in [0, 0.1) is 0 Å². The average Bonchev–Trinajstić information content (AvgIpc) is 2.40. The molecule has 0 aliphatic rings. The Bertz CT molecular complexity index is 590. The molecule has 0 aliphatic heterocycles. The molecule has 0 atom stereocenters. The molecule has 0 unspecified atom stereocenters. The van der Waals surface area contributed by atoms with Gasteiger partial charge in [-0.25, -0.2) is 0 Å². The second-order valence-corrected chi connectivity index (χ2v) is 5.20. The molecule has 0 amide bonds. The molecule has 2 aromatic rings. The van der Waals surface area contributed by atoms with Gasteiger partial charge in [-0.1, -0.05) is 17.7 Å². The highest BCUT2D eigenvalue weighted by Gasteiger charge is 2.03. The van der Waals surface area contributed by atoms with E-state index in [0.717, 1.165) is 15.8 Å². The third kappa shape index (κ3) is 3.55. The predicted octanol–water partition coefficient (Wildman–Crippen LogP) is 4.27. The Morgan fingerprint density at radius 3 is 2.63 bits per heavy atom. The van der Waals surface area contributed by atoms with Crippen molar-refractivity contribution in [2.24, 2.45) is 0 Å². The van der Waals surface area contributed by atoms with Crippen molar-refractivity contribution in [2.45, 2.75) is 6.61 Å². The fourth-order valence-corrected chi connectivity index (χ4v) is 2.32. The Kier molecular flexibility index (Phi) is 4.56. The van der Waals surface area contributed by atoms with Gasteiger partial charge in [-0.05, 0) is 45.8 Å². The maximum absolute atomic E-state index is 5.93. The molecule has 0 aromatic heterocycles. The first kappa shape index (κ1) is 14.0. The minimum atomic E-state index is 0.447. The predicted molar refractivity (Wildman–Crippen MR) is 80.9 cm³/mol. The molecule has 0 saturated heterocycles. The van der Waals surface area contributed by atoms with Crippen molar-refractivity contribution in [1.82, 2.24) is 0 Å².